The van der Waals surface area contributed by atoms with E-state index in [0.717, 1.165) is 0 Å². The number of carboxylic acid groups (broad SMARTS) is 1. The normalized spacial score (nSPS) is 12.3. The van der Waals surface area contributed by atoms with Crippen LogP contribution in [0.1, 0.15) is 22.5 Å². The Kier molecular flexibility index (Phi) is 4.73. The van der Waals surface area contributed by atoms with Gasteiger partial charge in [0, 0.05) is 6.20 Å². The van der Waals surface area contributed by atoms with Gasteiger partial charge in [-0.05, 0) is 25.4 Å². The van der Waals surface area contributed by atoms with E-state index in [9.17, 15) is 9.59 Å². The fraction of sp³-hybridized carbons (Fsp3) is 0.417. The number of carboxylic acids is 1. The van der Waals surface area contributed by atoms with Crippen LogP contribution in [-0.2, 0) is 4.79 Å². The van der Waals surface area contributed by atoms with Gasteiger partial charge in [0.2, 0.25) is 0 Å². The zero-order valence-electron chi connectivity index (χ0n) is 11.6. The maximum Gasteiger partial charge on any atom is 0.326 e. The third kappa shape index (κ3) is 3.30. The number of nitrogens with one attached hydrogen (secondary N) is 1. The zero-order valence-corrected chi connectivity index (χ0v) is 12.4. The molecule has 9 heteroatoms. The van der Waals surface area contributed by atoms with E-state index in [4.69, 9.17) is 5.11 Å². The number of amides is 1. The van der Waals surface area contributed by atoms with Gasteiger partial charge in [0.1, 0.15) is 12.4 Å². The van der Waals surface area contributed by atoms with E-state index >= 15 is 0 Å². The first kappa shape index (κ1) is 15.2. The molecule has 0 spiro atoms. The van der Waals surface area contributed by atoms with Crippen molar-refractivity contribution < 1.29 is 14.7 Å². The van der Waals surface area contributed by atoms with Crippen molar-refractivity contribution in [2.24, 2.45) is 0 Å². The summed E-state index contributed by atoms with van der Waals surface area (Å²) < 4.78 is 1.44. The van der Waals surface area contributed by atoms with Crippen LogP contribution >= 0.6 is 11.8 Å². The average Bonchev–Trinajstić information content (AvgIpc) is 2.92. The largest absolute Gasteiger partial charge is 0.480 e. The summed E-state index contributed by atoms with van der Waals surface area (Å²) in [5, 5.41) is 15.6. The number of hydrogen-bond acceptors (Lipinski definition) is 6. The summed E-state index contributed by atoms with van der Waals surface area (Å²) in [5.41, 5.74) is 0.840. The number of aryl methyl sites for hydroxylation is 1. The molecule has 0 aliphatic rings. The number of thioether (sulfide) groups is 1. The minimum absolute atomic E-state index is 0.281. The van der Waals surface area contributed by atoms with Crippen LogP contribution in [0.4, 0.5) is 0 Å². The van der Waals surface area contributed by atoms with Gasteiger partial charge < -0.3 is 10.4 Å². The number of nitrogens with zero attached hydrogens (tertiary/aromatic N) is 4. The molecule has 2 heterocycles. The zero-order chi connectivity index (χ0) is 15.4. The van der Waals surface area contributed by atoms with Gasteiger partial charge in [0.05, 0.1) is 11.3 Å². The van der Waals surface area contributed by atoms with Crippen molar-refractivity contribution in [1.29, 1.82) is 0 Å². The summed E-state index contributed by atoms with van der Waals surface area (Å²) in [6, 6.07) is -0.921. The van der Waals surface area contributed by atoms with Crippen LogP contribution < -0.4 is 5.32 Å². The molecule has 21 heavy (non-hydrogen) atoms. The topological polar surface area (TPSA) is 109 Å². The number of carbonyl (C=O) groups is 2. The van der Waals surface area contributed by atoms with Crippen LogP contribution in [0.15, 0.2) is 12.5 Å². The van der Waals surface area contributed by atoms with Crippen molar-refractivity contribution in [2.75, 3.05) is 12.0 Å². The van der Waals surface area contributed by atoms with Gasteiger partial charge in [-0.25, -0.2) is 14.3 Å². The summed E-state index contributed by atoms with van der Waals surface area (Å²) in [4.78, 5) is 31.3. The fourth-order valence-corrected chi connectivity index (χ4v) is 2.31. The Morgan fingerprint density at radius 3 is 2.90 bits per heavy atom. The van der Waals surface area contributed by atoms with Gasteiger partial charge in [-0.15, -0.1) is 0 Å². The lowest BCUT2D eigenvalue weighted by molar-refractivity contribution is -0.139. The molecule has 8 nitrogen and oxygen atoms in total. The Bertz CT molecular complexity index is 672. The van der Waals surface area contributed by atoms with Crippen molar-refractivity contribution in [1.82, 2.24) is 24.9 Å². The first-order valence-electron chi connectivity index (χ1n) is 6.22. The lowest BCUT2D eigenvalue weighted by Gasteiger charge is -2.14. The molecular weight excluding hydrogens is 294 g/mol. The molecule has 2 aromatic rings. The van der Waals surface area contributed by atoms with E-state index in [0.29, 0.717) is 23.6 Å². The van der Waals surface area contributed by atoms with Crippen LogP contribution in [0.5, 0.6) is 0 Å². The van der Waals surface area contributed by atoms with Gasteiger partial charge in [-0.1, -0.05) is 0 Å². The molecule has 0 bridgehead atoms. The molecule has 1 unspecified atom stereocenters. The molecule has 2 rings (SSSR count). The van der Waals surface area contributed by atoms with Gasteiger partial charge in [0.25, 0.3) is 11.7 Å². The molecule has 2 N–H and O–H groups in total. The van der Waals surface area contributed by atoms with E-state index in [-0.39, 0.29) is 5.56 Å². The lowest BCUT2D eigenvalue weighted by Crippen LogP contribution is -2.41. The Labute approximate surface area is 125 Å². The van der Waals surface area contributed by atoms with Crippen LogP contribution in [0.25, 0.3) is 5.78 Å². The van der Waals surface area contributed by atoms with Gasteiger partial charge >= 0.3 is 5.97 Å². The van der Waals surface area contributed by atoms with Gasteiger partial charge in [0.15, 0.2) is 0 Å². The number of hydrogen-bond donors (Lipinski definition) is 2. The molecule has 2 aromatic heterocycles. The highest BCUT2D eigenvalue weighted by atomic mass is 32.2. The van der Waals surface area contributed by atoms with Crippen LogP contribution in [0, 0.1) is 6.92 Å². The number of aromatic nitrogens is 4. The second-order valence-corrected chi connectivity index (χ2v) is 5.36. The average molecular weight is 309 g/mol. The van der Waals surface area contributed by atoms with E-state index in [1.165, 1.54) is 28.8 Å². The molecular formula is C12H15N5O3S. The number of rotatable bonds is 6. The maximum absolute atomic E-state index is 12.2. The molecule has 0 saturated carbocycles. The summed E-state index contributed by atoms with van der Waals surface area (Å²) in [6.07, 6.45) is 4.96. The lowest BCUT2D eigenvalue weighted by atomic mass is 10.2. The molecule has 1 atom stereocenters. The molecule has 0 saturated heterocycles. The Balaban J connectivity index is 2.20. The number of carbonyl (C=O) groups excluding carboxylic acids is 1. The van der Waals surface area contributed by atoms with Crippen molar-refractivity contribution in [3.8, 4) is 0 Å². The second kappa shape index (κ2) is 6.53. The van der Waals surface area contributed by atoms with Gasteiger partial charge in [-0.3, -0.25) is 4.79 Å². The number of fused-ring (bicyclic) bond motifs is 1. The van der Waals surface area contributed by atoms with Crippen LogP contribution in [-0.4, -0.2) is 54.6 Å². The van der Waals surface area contributed by atoms with E-state index in [1.807, 2.05) is 6.26 Å². The van der Waals surface area contributed by atoms with Gasteiger partial charge in [-0.2, -0.15) is 21.8 Å². The Morgan fingerprint density at radius 1 is 1.48 bits per heavy atom. The quantitative estimate of drug-likeness (QED) is 0.793. The molecule has 0 aromatic carbocycles. The first-order chi connectivity index (χ1) is 10.0. The summed E-state index contributed by atoms with van der Waals surface area (Å²) in [7, 11) is 0. The van der Waals surface area contributed by atoms with Crippen molar-refractivity contribution in [3.63, 3.8) is 0 Å². The molecule has 112 valence electrons. The summed E-state index contributed by atoms with van der Waals surface area (Å²) in [5.74, 6) is -0.492. The van der Waals surface area contributed by atoms with E-state index in [1.54, 1.807) is 6.92 Å². The molecule has 0 radical (unpaired) electrons. The summed E-state index contributed by atoms with van der Waals surface area (Å²) in [6.45, 7) is 1.70. The minimum atomic E-state index is -1.05. The van der Waals surface area contributed by atoms with Crippen molar-refractivity contribution in [2.45, 2.75) is 19.4 Å². The highest BCUT2D eigenvalue weighted by Gasteiger charge is 2.22. The standard InChI is InChI=1S/C12H15N5O3S/c1-7-8(5-13-12-14-6-15-17(7)12)10(18)16-9(11(19)20)3-4-21-2/h5-6,9H,3-4H2,1-2H3,(H,16,18)(H,19,20). The van der Waals surface area contributed by atoms with Crippen LogP contribution in [0.2, 0.25) is 0 Å². The first-order valence-corrected chi connectivity index (χ1v) is 7.62. The monoisotopic (exact) mass is 309 g/mol. The van der Waals surface area contributed by atoms with Crippen LogP contribution in [0.3, 0.4) is 0 Å². The third-order valence-electron chi connectivity index (χ3n) is 3.01. The molecule has 0 fully saturated rings. The Morgan fingerprint density at radius 2 is 2.24 bits per heavy atom. The molecule has 1 amide bonds. The second-order valence-electron chi connectivity index (χ2n) is 4.37. The smallest absolute Gasteiger partial charge is 0.326 e. The predicted octanol–water partition coefficient (Wildman–Crippen LogP) is 0.369. The third-order valence-corrected chi connectivity index (χ3v) is 3.65. The highest BCUT2D eigenvalue weighted by molar-refractivity contribution is 7.98. The SMILES string of the molecule is CSCCC(NC(=O)c1cnc2ncnn2c1C)C(=O)O. The maximum atomic E-state index is 12.2. The molecule has 0 aliphatic heterocycles. The number of aliphatic carboxylic acids is 1. The highest BCUT2D eigenvalue weighted by Crippen LogP contribution is 2.09. The Hall–Kier alpha value is -2.16. The van der Waals surface area contributed by atoms with Crippen molar-refractivity contribution >= 4 is 29.4 Å². The predicted molar refractivity (Wildman–Crippen MR) is 77.4 cm³/mol. The molecule has 0 aliphatic carbocycles. The van der Waals surface area contributed by atoms with E-state index < -0.39 is 17.9 Å². The fourth-order valence-electron chi connectivity index (χ4n) is 1.84. The minimum Gasteiger partial charge on any atom is -0.480 e. The summed E-state index contributed by atoms with van der Waals surface area (Å²) >= 11 is 1.53. The van der Waals surface area contributed by atoms with Crippen molar-refractivity contribution in [3.05, 3.63) is 23.8 Å². The van der Waals surface area contributed by atoms with E-state index in [2.05, 4.69) is 20.4 Å².